The smallest absolute Gasteiger partial charge is 0.326 e. The third kappa shape index (κ3) is 3.81. The minimum Gasteiger partial charge on any atom is -0.493 e. The van der Waals surface area contributed by atoms with E-state index in [-0.39, 0.29) is 23.8 Å². The van der Waals surface area contributed by atoms with Crippen LogP contribution in [-0.2, 0) is 9.53 Å². The predicted octanol–water partition coefficient (Wildman–Crippen LogP) is 0.482. The molecule has 0 saturated heterocycles. The van der Waals surface area contributed by atoms with Gasteiger partial charge in [0.05, 0.1) is 25.2 Å². The lowest BCUT2D eigenvalue weighted by Gasteiger charge is -2.13. The number of ether oxygens (including phenoxy) is 3. The molecule has 1 rings (SSSR count). The summed E-state index contributed by atoms with van der Waals surface area (Å²) in [4.78, 5) is 21.1. The number of nitro benzene ring substituents is 1. The zero-order valence-electron chi connectivity index (χ0n) is 10.5. The van der Waals surface area contributed by atoms with Crippen molar-refractivity contribution in [1.29, 1.82) is 0 Å². The lowest BCUT2D eigenvalue weighted by molar-refractivity contribution is -0.385. The first kappa shape index (κ1) is 14.7. The van der Waals surface area contributed by atoms with Crippen LogP contribution in [0.15, 0.2) is 18.2 Å². The van der Waals surface area contributed by atoms with Crippen LogP contribution in [0.4, 0.5) is 5.69 Å². The maximum Gasteiger partial charge on any atom is 0.326 e. The van der Waals surface area contributed by atoms with E-state index in [4.69, 9.17) is 15.2 Å². The van der Waals surface area contributed by atoms with E-state index < -0.39 is 16.9 Å². The fourth-order valence-corrected chi connectivity index (χ4v) is 1.29. The number of nitro groups is 1. The van der Waals surface area contributed by atoms with Crippen LogP contribution in [0.25, 0.3) is 0 Å². The average Bonchev–Trinajstić information content (AvgIpc) is 2.43. The standard InChI is InChI=1S/C11H14N2O6/c1-17-10-5-7(13(15)16)3-4-9(10)19-6-8(12)11(14)18-2/h3-5,8H,6,12H2,1-2H3. The van der Waals surface area contributed by atoms with Crippen LogP contribution < -0.4 is 15.2 Å². The molecule has 1 atom stereocenters. The van der Waals surface area contributed by atoms with Crippen molar-refractivity contribution in [1.82, 2.24) is 0 Å². The van der Waals surface area contributed by atoms with Crippen molar-refractivity contribution in [2.75, 3.05) is 20.8 Å². The Morgan fingerprint density at radius 3 is 2.63 bits per heavy atom. The molecule has 8 heteroatoms. The van der Waals surface area contributed by atoms with Crippen LogP contribution in [0, 0.1) is 10.1 Å². The van der Waals surface area contributed by atoms with E-state index >= 15 is 0 Å². The molecule has 0 radical (unpaired) electrons. The number of hydrogen-bond donors (Lipinski definition) is 1. The molecular formula is C11H14N2O6. The molecule has 104 valence electrons. The van der Waals surface area contributed by atoms with Crippen molar-refractivity contribution in [2.45, 2.75) is 6.04 Å². The third-order valence-electron chi connectivity index (χ3n) is 2.28. The quantitative estimate of drug-likeness (QED) is 0.454. The maximum atomic E-state index is 11.1. The molecule has 1 aromatic carbocycles. The number of esters is 1. The summed E-state index contributed by atoms with van der Waals surface area (Å²) in [6.45, 7) is -0.124. The van der Waals surface area contributed by atoms with E-state index in [1.807, 2.05) is 0 Å². The fraction of sp³-hybridized carbons (Fsp3) is 0.364. The lowest BCUT2D eigenvalue weighted by Crippen LogP contribution is -2.37. The van der Waals surface area contributed by atoms with Gasteiger partial charge in [0.25, 0.3) is 5.69 Å². The summed E-state index contributed by atoms with van der Waals surface area (Å²) in [6, 6.07) is 2.92. The normalized spacial score (nSPS) is 11.5. The minimum atomic E-state index is -0.940. The summed E-state index contributed by atoms with van der Waals surface area (Å²) in [7, 11) is 2.57. The van der Waals surface area contributed by atoms with E-state index in [0.29, 0.717) is 0 Å². The molecule has 1 aromatic rings. The molecule has 0 fully saturated rings. The Morgan fingerprint density at radius 1 is 1.42 bits per heavy atom. The van der Waals surface area contributed by atoms with Crippen molar-refractivity contribution in [3.8, 4) is 11.5 Å². The highest BCUT2D eigenvalue weighted by Gasteiger charge is 2.17. The number of non-ortho nitro benzene ring substituents is 1. The number of hydrogen-bond acceptors (Lipinski definition) is 7. The second kappa shape index (κ2) is 6.55. The van der Waals surface area contributed by atoms with Crippen molar-refractivity contribution in [2.24, 2.45) is 5.73 Å². The van der Waals surface area contributed by atoms with Crippen LogP contribution in [0.1, 0.15) is 0 Å². The predicted molar refractivity (Wildman–Crippen MR) is 65.1 cm³/mol. The van der Waals surface area contributed by atoms with Gasteiger partial charge in [-0.3, -0.25) is 14.9 Å². The average molecular weight is 270 g/mol. The van der Waals surface area contributed by atoms with Gasteiger partial charge in [0.2, 0.25) is 0 Å². The maximum absolute atomic E-state index is 11.1. The molecule has 0 aromatic heterocycles. The summed E-state index contributed by atoms with van der Waals surface area (Å²) in [6.07, 6.45) is 0. The molecule has 1 unspecified atom stereocenters. The molecule has 8 nitrogen and oxygen atoms in total. The zero-order chi connectivity index (χ0) is 14.4. The van der Waals surface area contributed by atoms with E-state index in [0.717, 1.165) is 0 Å². The first-order valence-corrected chi connectivity index (χ1v) is 5.28. The Labute approximate surface area is 109 Å². The highest BCUT2D eigenvalue weighted by Crippen LogP contribution is 2.31. The van der Waals surface area contributed by atoms with E-state index in [9.17, 15) is 14.9 Å². The van der Waals surface area contributed by atoms with Crippen molar-refractivity contribution >= 4 is 11.7 Å². The Balaban J connectivity index is 2.78. The van der Waals surface area contributed by atoms with Crippen LogP contribution in [0.5, 0.6) is 11.5 Å². The molecule has 0 amide bonds. The Hall–Kier alpha value is -2.35. The van der Waals surface area contributed by atoms with Gasteiger partial charge in [-0.15, -0.1) is 0 Å². The number of benzene rings is 1. The molecule has 0 spiro atoms. The van der Waals surface area contributed by atoms with Gasteiger partial charge in [-0.05, 0) is 6.07 Å². The molecular weight excluding hydrogens is 256 g/mol. The zero-order valence-corrected chi connectivity index (χ0v) is 10.5. The number of nitrogens with zero attached hydrogens (tertiary/aromatic N) is 1. The number of rotatable bonds is 6. The van der Waals surface area contributed by atoms with Crippen LogP contribution in [0.2, 0.25) is 0 Å². The SMILES string of the molecule is COC(=O)C(N)COc1ccc([N+](=O)[O-])cc1OC. The topological polar surface area (TPSA) is 114 Å². The lowest BCUT2D eigenvalue weighted by atomic mass is 10.2. The number of methoxy groups -OCH3 is 2. The minimum absolute atomic E-state index is 0.124. The Morgan fingerprint density at radius 2 is 2.11 bits per heavy atom. The number of nitrogens with two attached hydrogens (primary N) is 1. The molecule has 0 aliphatic carbocycles. The molecule has 0 heterocycles. The van der Waals surface area contributed by atoms with Gasteiger partial charge in [-0.1, -0.05) is 0 Å². The first-order valence-electron chi connectivity index (χ1n) is 5.28. The van der Waals surface area contributed by atoms with E-state index in [2.05, 4.69) is 4.74 Å². The molecule has 0 aliphatic heterocycles. The fourth-order valence-electron chi connectivity index (χ4n) is 1.29. The van der Waals surface area contributed by atoms with Crippen LogP contribution >= 0.6 is 0 Å². The first-order chi connectivity index (χ1) is 8.99. The largest absolute Gasteiger partial charge is 0.493 e. The van der Waals surface area contributed by atoms with E-state index in [1.54, 1.807) is 0 Å². The molecule has 0 aliphatic rings. The van der Waals surface area contributed by atoms with Gasteiger partial charge in [0.1, 0.15) is 12.6 Å². The van der Waals surface area contributed by atoms with Gasteiger partial charge in [-0.2, -0.15) is 0 Å². The summed E-state index contributed by atoms with van der Waals surface area (Å²) in [5.41, 5.74) is 5.37. The van der Waals surface area contributed by atoms with Crippen molar-refractivity contribution in [3.05, 3.63) is 28.3 Å². The number of carbonyl (C=O) groups is 1. The molecule has 0 bridgehead atoms. The van der Waals surface area contributed by atoms with Crippen molar-refractivity contribution < 1.29 is 23.9 Å². The van der Waals surface area contributed by atoms with Gasteiger partial charge in [-0.25, -0.2) is 0 Å². The Bertz CT molecular complexity index is 476. The van der Waals surface area contributed by atoms with Gasteiger partial charge >= 0.3 is 5.97 Å². The van der Waals surface area contributed by atoms with Crippen LogP contribution in [0.3, 0.4) is 0 Å². The van der Waals surface area contributed by atoms with E-state index in [1.165, 1.54) is 32.4 Å². The summed E-state index contributed by atoms with van der Waals surface area (Å²) >= 11 is 0. The molecule has 2 N–H and O–H groups in total. The number of carbonyl (C=O) groups excluding carboxylic acids is 1. The highest BCUT2D eigenvalue weighted by atomic mass is 16.6. The molecule has 19 heavy (non-hydrogen) atoms. The summed E-state index contributed by atoms with van der Waals surface area (Å²) in [5, 5.41) is 10.6. The molecule has 0 saturated carbocycles. The highest BCUT2D eigenvalue weighted by molar-refractivity contribution is 5.75. The second-order valence-corrected chi connectivity index (χ2v) is 3.53. The van der Waals surface area contributed by atoms with Gasteiger partial charge < -0.3 is 19.9 Å². The van der Waals surface area contributed by atoms with Gasteiger partial charge in [0.15, 0.2) is 11.5 Å². The Kier molecular flexibility index (Phi) is 5.07. The van der Waals surface area contributed by atoms with Gasteiger partial charge in [0, 0.05) is 6.07 Å². The second-order valence-electron chi connectivity index (χ2n) is 3.53. The summed E-state index contributed by atoms with van der Waals surface area (Å²) in [5.74, 6) is -0.167. The van der Waals surface area contributed by atoms with Crippen LogP contribution in [-0.4, -0.2) is 37.8 Å². The van der Waals surface area contributed by atoms with Crippen molar-refractivity contribution in [3.63, 3.8) is 0 Å². The third-order valence-corrected chi connectivity index (χ3v) is 2.28. The summed E-state index contributed by atoms with van der Waals surface area (Å²) < 4.78 is 14.7. The monoisotopic (exact) mass is 270 g/mol.